The van der Waals surface area contributed by atoms with Crippen molar-refractivity contribution in [2.24, 2.45) is 0 Å². The van der Waals surface area contributed by atoms with Gasteiger partial charge >= 0.3 is 0 Å². The molecule has 5 heteroatoms. The van der Waals surface area contributed by atoms with Gasteiger partial charge in [0.15, 0.2) is 6.61 Å². The van der Waals surface area contributed by atoms with Crippen molar-refractivity contribution >= 4 is 17.5 Å². The van der Waals surface area contributed by atoms with Gasteiger partial charge < -0.3 is 14.8 Å². The molecule has 0 saturated heterocycles. The summed E-state index contributed by atoms with van der Waals surface area (Å²) in [6.07, 6.45) is 0. The Bertz CT molecular complexity index is 699. The lowest BCUT2D eigenvalue weighted by molar-refractivity contribution is -0.123. The van der Waals surface area contributed by atoms with Crippen LogP contribution in [0.4, 0.5) is 0 Å². The number of halogens is 1. The molecule has 0 unspecified atom stereocenters. The monoisotopic (exact) mass is 361 g/mol. The van der Waals surface area contributed by atoms with Crippen LogP contribution in [0.1, 0.15) is 30.9 Å². The highest BCUT2D eigenvalue weighted by atomic mass is 35.5. The molecule has 1 N–H and O–H groups in total. The van der Waals surface area contributed by atoms with Crippen LogP contribution in [0.15, 0.2) is 42.5 Å². The summed E-state index contributed by atoms with van der Waals surface area (Å²) in [7, 11) is 0. The number of amides is 1. The minimum absolute atomic E-state index is 0.00980. The molecule has 0 aliphatic heterocycles. The molecule has 0 saturated carbocycles. The van der Waals surface area contributed by atoms with Crippen LogP contribution >= 0.6 is 11.6 Å². The zero-order valence-corrected chi connectivity index (χ0v) is 15.6. The van der Waals surface area contributed by atoms with Crippen LogP contribution < -0.4 is 14.8 Å². The Morgan fingerprint density at radius 3 is 2.52 bits per heavy atom. The maximum atomic E-state index is 11.9. The van der Waals surface area contributed by atoms with Crippen molar-refractivity contribution in [3.8, 4) is 11.5 Å². The van der Waals surface area contributed by atoms with Crippen molar-refractivity contribution < 1.29 is 14.3 Å². The third kappa shape index (κ3) is 6.31. The summed E-state index contributed by atoms with van der Waals surface area (Å²) in [5.74, 6) is 1.65. The van der Waals surface area contributed by atoms with Gasteiger partial charge in [-0.2, -0.15) is 0 Å². The summed E-state index contributed by atoms with van der Waals surface area (Å²) in [5.41, 5.74) is 2.21. The first-order valence-electron chi connectivity index (χ1n) is 8.34. The van der Waals surface area contributed by atoms with Crippen LogP contribution in [0.2, 0.25) is 5.02 Å². The lowest BCUT2D eigenvalue weighted by Gasteiger charge is -2.15. The molecule has 0 bridgehead atoms. The van der Waals surface area contributed by atoms with Gasteiger partial charge in [-0.1, -0.05) is 37.6 Å². The Labute approximate surface area is 154 Å². The van der Waals surface area contributed by atoms with Gasteiger partial charge in [0.2, 0.25) is 0 Å². The lowest BCUT2D eigenvalue weighted by atomic mass is 10.0. The van der Waals surface area contributed by atoms with Crippen molar-refractivity contribution in [2.75, 3.05) is 19.8 Å². The number of ether oxygens (including phenoxy) is 2. The standard InChI is InChI=1S/C20H24ClNO3/c1-14(2)18-9-4-15(3)12-19(18)25-13-20(23)22-10-11-24-17-7-5-16(21)6-8-17/h4-9,12,14H,10-11,13H2,1-3H3,(H,22,23). The van der Waals surface area contributed by atoms with Crippen molar-refractivity contribution in [2.45, 2.75) is 26.7 Å². The normalized spacial score (nSPS) is 10.6. The second-order valence-electron chi connectivity index (χ2n) is 6.14. The number of benzene rings is 2. The first kappa shape index (κ1) is 19.1. The lowest BCUT2D eigenvalue weighted by Crippen LogP contribution is -2.32. The molecule has 2 rings (SSSR count). The summed E-state index contributed by atoms with van der Waals surface area (Å²) in [6.45, 7) is 7.00. The highest BCUT2D eigenvalue weighted by molar-refractivity contribution is 6.30. The van der Waals surface area contributed by atoms with E-state index in [1.165, 1.54) is 0 Å². The van der Waals surface area contributed by atoms with Gasteiger partial charge in [-0.15, -0.1) is 0 Å². The van der Waals surface area contributed by atoms with E-state index in [0.29, 0.717) is 24.1 Å². The maximum Gasteiger partial charge on any atom is 0.258 e. The minimum atomic E-state index is -0.170. The predicted molar refractivity (Wildman–Crippen MR) is 101 cm³/mol. The predicted octanol–water partition coefficient (Wildman–Crippen LogP) is 4.35. The SMILES string of the molecule is Cc1ccc(C(C)C)c(OCC(=O)NCCOc2ccc(Cl)cc2)c1. The van der Waals surface area contributed by atoms with Gasteiger partial charge in [0.1, 0.15) is 18.1 Å². The molecular weight excluding hydrogens is 338 g/mol. The zero-order valence-electron chi connectivity index (χ0n) is 14.8. The molecule has 0 aromatic heterocycles. The number of aryl methyl sites for hydroxylation is 1. The molecular formula is C20H24ClNO3. The van der Waals surface area contributed by atoms with E-state index in [0.717, 1.165) is 22.6 Å². The van der Waals surface area contributed by atoms with Crippen molar-refractivity contribution in [1.82, 2.24) is 5.32 Å². The highest BCUT2D eigenvalue weighted by Gasteiger charge is 2.10. The summed E-state index contributed by atoms with van der Waals surface area (Å²) < 4.78 is 11.2. The Hall–Kier alpha value is -2.20. The summed E-state index contributed by atoms with van der Waals surface area (Å²) >= 11 is 5.81. The van der Waals surface area contributed by atoms with E-state index in [1.54, 1.807) is 24.3 Å². The number of carbonyl (C=O) groups excluding carboxylic acids is 1. The zero-order chi connectivity index (χ0) is 18.2. The van der Waals surface area contributed by atoms with Crippen LogP contribution in [-0.4, -0.2) is 25.7 Å². The quantitative estimate of drug-likeness (QED) is 0.711. The van der Waals surface area contributed by atoms with E-state index < -0.39 is 0 Å². The maximum absolute atomic E-state index is 11.9. The second-order valence-corrected chi connectivity index (χ2v) is 6.57. The van der Waals surface area contributed by atoms with Crippen molar-refractivity contribution in [3.63, 3.8) is 0 Å². The van der Waals surface area contributed by atoms with Gasteiger partial charge in [0.25, 0.3) is 5.91 Å². The molecule has 0 heterocycles. The van der Waals surface area contributed by atoms with E-state index in [-0.39, 0.29) is 12.5 Å². The molecule has 1 amide bonds. The number of rotatable bonds is 8. The molecule has 0 radical (unpaired) electrons. The molecule has 2 aromatic rings. The average Bonchev–Trinajstić information content (AvgIpc) is 2.58. The van der Waals surface area contributed by atoms with Gasteiger partial charge in [0, 0.05) is 5.02 Å². The van der Waals surface area contributed by atoms with Crippen LogP contribution in [0.3, 0.4) is 0 Å². The fraction of sp³-hybridized carbons (Fsp3) is 0.350. The number of carbonyl (C=O) groups is 1. The molecule has 0 fully saturated rings. The number of nitrogens with one attached hydrogen (secondary N) is 1. The van der Waals surface area contributed by atoms with Crippen LogP contribution in [0, 0.1) is 6.92 Å². The molecule has 2 aromatic carbocycles. The summed E-state index contributed by atoms with van der Waals surface area (Å²) in [4.78, 5) is 11.9. The fourth-order valence-corrected chi connectivity index (χ4v) is 2.45. The molecule has 0 atom stereocenters. The van der Waals surface area contributed by atoms with Gasteiger partial charge in [0.05, 0.1) is 6.54 Å². The Balaban J connectivity index is 1.74. The van der Waals surface area contributed by atoms with Crippen LogP contribution in [-0.2, 0) is 4.79 Å². The van der Waals surface area contributed by atoms with E-state index in [4.69, 9.17) is 21.1 Å². The van der Waals surface area contributed by atoms with E-state index in [9.17, 15) is 4.79 Å². The second kappa shape index (κ2) is 9.33. The summed E-state index contributed by atoms with van der Waals surface area (Å²) in [6, 6.07) is 13.2. The Morgan fingerprint density at radius 1 is 1.12 bits per heavy atom. The van der Waals surface area contributed by atoms with Crippen molar-refractivity contribution in [3.05, 3.63) is 58.6 Å². The first-order chi connectivity index (χ1) is 12.0. The minimum Gasteiger partial charge on any atom is -0.492 e. The largest absolute Gasteiger partial charge is 0.492 e. The third-order valence-corrected chi connectivity index (χ3v) is 3.91. The fourth-order valence-electron chi connectivity index (χ4n) is 2.33. The van der Waals surface area contributed by atoms with Gasteiger partial charge in [-0.25, -0.2) is 0 Å². The Morgan fingerprint density at radius 2 is 1.84 bits per heavy atom. The van der Waals surface area contributed by atoms with Crippen LogP contribution in [0.5, 0.6) is 11.5 Å². The van der Waals surface area contributed by atoms with Gasteiger partial charge in [-0.3, -0.25) is 4.79 Å². The molecule has 0 spiro atoms. The van der Waals surface area contributed by atoms with Crippen molar-refractivity contribution in [1.29, 1.82) is 0 Å². The highest BCUT2D eigenvalue weighted by Crippen LogP contribution is 2.27. The molecule has 4 nitrogen and oxygen atoms in total. The Kier molecular flexibility index (Phi) is 7.14. The van der Waals surface area contributed by atoms with E-state index in [2.05, 4.69) is 25.2 Å². The first-order valence-corrected chi connectivity index (χ1v) is 8.72. The molecule has 0 aliphatic carbocycles. The summed E-state index contributed by atoms with van der Waals surface area (Å²) in [5, 5.41) is 3.44. The van der Waals surface area contributed by atoms with Crippen LogP contribution in [0.25, 0.3) is 0 Å². The number of hydrogen-bond donors (Lipinski definition) is 1. The number of hydrogen-bond acceptors (Lipinski definition) is 3. The topological polar surface area (TPSA) is 47.6 Å². The molecule has 134 valence electrons. The smallest absolute Gasteiger partial charge is 0.258 e. The molecule has 25 heavy (non-hydrogen) atoms. The average molecular weight is 362 g/mol. The third-order valence-electron chi connectivity index (χ3n) is 3.66. The van der Waals surface area contributed by atoms with E-state index >= 15 is 0 Å². The van der Waals surface area contributed by atoms with E-state index in [1.807, 2.05) is 19.1 Å². The molecule has 0 aliphatic rings. The van der Waals surface area contributed by atoms with Gasteiger partial charge in [-0.05, 0) is 54.3 Å².